The SMILES string of the molecule is Cn1c(-c2cc(F)cc(C(F)(F)F)c2)cc(C(=O)NCCc2ccccc2)c(O)c1=O. The van der Waals surface area contributed by atoms with E-state index < -0.39 is 40.3 Å². The molecule has 0 atom stereocenters. The number of halogens is 4. The summed E-state index contributed by atoms with van der Waals surface area (Å²) in [6, 6.07) is 12.1. The number of aromatic hydroxyl groups is 1. The summed E-state index contributed by atoms with van der Waals surface area (Å²) in [5.41, 5.74) is -2.10. The minimum atomic E-state index is -4.80. The van der Waals surface area contributed by atoms with Gasteiger partial charge in [0, 0.05) is 19.2 Å². The minimum absolute atomic E-state index is 0.152. The molecule has 31 heavy (non-hydrogen) atoms. The summed E-state index contributed by atoms with van der Waals surface area (Å²) in [6.45, 7) is 0.199. The van der Waals surface area contributed by atoms with E-state index >= 15 is 0 Å². The predicted molar refractivity (Wildman–Crippen MR) is 106 cm³/mol. The van der Waals surface area contributed by atoms with Gasteiger partial charge in [0.05, 0.1) is 16.8 Å². The van der Waals surface area contributed by atoms with Crippen molar-refractivity contribution in [2.24, 2.45) is 7.05 Å². The number of nitrogens with zero attached hydrogens (tertiary/aromatic N) is 1. The van der Waals surface area contributed by atoms with Crippen molar-refractivity contribution in [3.8, 4) is 17.0 Å². The molecule has 0 aliphatic rings. The van der Waals surface area contributed by atoms with Crippen LogP contribution in [0.25, 0.3) is 11.3 Å². The summed E-state index contributed by atoms with van der Waals surface area (Å²) in [6.07, 6.45) is -4.31. The van der Waals surface area contributed by atoms with E-state index in [9.17, 15) is 32.3 Å². The third-order valence-corrected chi connectivity index (χ3v) is 4.71. The Hall–Kier alpha value is -3.62. The molecule has 0 fully saturated rings. The van der Waals surface area contributed by atoms with E-state index in [-0.39, 0.29) is 17.8 Å². The van der Waals surface area contributed by atoms with Crippen LogP contribution < -0.4 is 10.9 Å². The molecule has 0 saturated carbocycles. The lowest BCUT2D eigenvalue weighted by Crippen LogP contribution is -2.29. The Labute approximate surface area is 174 Å². The zero-order valence-electron chi connectivity index (χ0n) is 16.3. The van der Waals surface area contributed by atoms with E-state index in [1.54, 1.807) is 0 Å². The Morgan fingerprint density at radius 3 is 2.42 bits per heavy atom. The molecule has 2 N–H and O–H groups in total. The van der Waals surface area contributed by atoms with Crippen LogP contribution in [-0.4, -0.2) is 22.1 Å². The van der Waals surface area contributed by atoms with Crippen molar-refractivity contribution in [2.75, 3.05) is 6.54 Å². The second-order valence-corrected chi connectivity index (χ2v) is 6.87. The number of benzene rings is 2. The summed E-state index contributed by atoms with van der Waals surface area (Å²) in [5.74, 6) is -2.78. The fraction of sp³-hybridized carbons (Fsp3) is 0.182. The van der Waals surface area contributed by atoms with Crippen LogP contribution in [0.15, 0.2) is 59.4 Å². The summed E-state index contributed by atoms with van der Waals surface area (Å²) in [4.78, 5) is 24.9. The highest BCUT2D eigenvalue weighted by Crippen LogP contribution is 2.33. The topological polar surface area (TPSA) is 71.3 Å². The normalized spacial score (nSPS) is 11.4. The Balaban J connectivity index is 1.95. The number of carbonyl (C=O) groups is 1. The van der Waals surface area contributed by atoms with Gasteiger partial charge in [0.15, 0.2) is 5.75 Å². The van der Waals surface area contributed by atoms with E-state index in [1.807, 2.05) is 30.3 Å². The number of alkyl halides is 3. The van der Waals surface area contributed by atoms with Gasteiger partial charge in [-0.25, -0.2) is 4.39 Å². The Bertz CT molecular complexity index is 1170. The van der Waals surface area contributed by atoms with Crippen molar-refractivity contribution < 1.29 is 27.5 Å². The molecule has 0 aliphatic carbocycles. The number of hydrogen-bond acceptors (Lipinski definition) is 3. The van der Waals surface area contributed by atoms with Crippen LogP contribution in [0.1, 0.15) is 21.5 Å². The highest BCUT2D eigenvalue weighted by molar-refractivity contribution is 5.97. The van der Waals surface area contributed by atoms with Gasteiger partial charge >= 0.3 is 6.18 Å². The fourth-order valence-electron chi connectivity index (χ4n) is 3.10. The quantitative estimate of drug-likeness (QED) is 0.599. The molecule has 0 radical (unpaired) electrons. The Morgan fingerprint density at radius 1 is 1.10 bits per heavy atom. The highest BCUT2D eigenvalue weighted by atomic mass is 19.4. The van der Waals surface area contributed by atoms with E-state index in [2.05, 4.69) is 5.32 Å². The molecule has 1 heterocycles. The molecule has 3 aromatic rings. The Morgan fingerprint density at radius 2 is 1.77 bits per heavy atom. The van der Waals surface area contributed by atoms with Crippen LogP contribution in [0.4, 0.5) is 17.6 Å². The van der Waals surface area contributed by atoms with Gasteiger partial charge < -0.3 is 15.0 Å². The van der Waals surface area contributed by atoms with Crippen molar-refractivity contribution in [2.45, 2.75) is 12.6 Å². The highest BCUT2D eigenvalue weighted by Gasteiger charge is 2.32. The maximum Gasteiger partial charge on any atom is 0.416 e. The van der Waals surface area contributed by atoms with Crippen LogP contribution in [-0.2, 0) is 19.6 Å². The first-order valence-electron chi connectivity index (χ1n) is 9.21. The molecule has 162 valence electrons. The van der Waals surface area contributed by atoms with Crippen molar-refractivity contribution in [3.63, 3.8) is 0 Å². The number of nitrogens with one attached hydrogen (secondary N) is 1. The maximum absolute atomic E-state index is 13.8. The van der Waals surface area contributed by atoms with Crippen LogP contribution in [0.2, 0.25) is 0 Å². The molecular weight excluding hydrogens is 416 g/mol. The lowest BCUT2D eigenvalue weighted by Gasteiger charge is -2.15. The van der Waals surface area contributed by atoms with Gasteiger partial charge in [0.2, 0.25) is 0 Å². The standard InChI is InChI=1S/C22H18F4N2O3/c1-28-18(14-9-15(22(24,25)26)11-16(23)10-14)12-17(19(29)21(28)31)20(30)27-8-7-13-5-3-2-4-6-13/h2-6,9-12,29H,7-8H2,1H3,(H,27,30). The molecule has 1 amide bonds. The third-order valence-electron chi connectivity index (χ3n) is 4.71. The lowest BCUT2D eigenvalue weighted by atomic mass is 10.0. The zero-order chi connectivity index (χ0) is 22.8. The summed E-state index contributed by atoms with van der Waals surface area (Å²) in [7, 11) is 1.20. The lowest BCUT2D eigenvalue weighted by molar-refractivity contribution is -0.137. The zero-order valence-corrected chi connectivity index (χ0v) is 16.3. The smallest absolute Gasteiger partial charge is 0.416 e. The number of aromatic nitrogens is 1. The first-order valence-corrected chi connectivity index (χ1v) is 9.21. The number of amides is 1. The first-order chi connectivity index (χ1) is 14.6. The van der Waals surface area contributed by atoms with Gasteiger partial charge in [-0.1, -0.05) is 30.3 Å². The molecule has 2 aromatic carbocycles. The van der Waals surface area contributed by atoms with Gasteiger partial charge in [-0.3, -0.25) is 9.59 Å². The van der Waals surface area contributed by atoms with E-state index in [4.69, 9.17) is 0 Å². The van der Waals surface area contributed by atoms with Crippen molar-refractivity contribution in [1.29, 1.82) is 0 Å². The number of hydrogen-bond donors (Lipinski definition) is 2. The first kappa shape index (κ1) is 22.1. The number of pyridine rings is 1. The van der Waals surface area contributed by atoms with E-state index in [1.165, 1.54) is 7.05 Å². The van der Waals surface area contributed by atoms with Gasteiger partial charge in [-0.15, -0.1) is 0 Å². The predicted octanol–water partition coefficient (Wildman–Crippen LogP) is 3.89. The molecule has 0 bridgehead atoms. The average Bonchev–Trinajstić information content (AvgIpc) is 2.72. The summed E-state index contributed by atoms with van der Waals surface area (Å²) < 4.78 is 53.8. The Kier molecular flexibility index (Phi) is 6.14. The number of carbonyl (C=O) groups excluding carboxylic acids is 1. The molecule has 5 nitrogen and oxygen atoms in total. The van der Waals surface area contributed by atoms with E-state index in [0.29, 0.717) is 18.6 Å². The van der Waals surface area contributed by atoms with Gasteiger partial charge in [-0.05, 0) is 36.2 Å². The van der Waals surface area contributed by atoms with Crippen LogP contribution in [0.3, 0.4) is 0 Å². The average molecular weight is 434 g/mol. The van der Waals surface area contributed by atoms with Gasteiger partial charge in [0.1, 0.15) is 5.82 Å². The maximum atomic E-state index is 13.8. The van der Waals surface area contributed by atoms with Crippen molar-refractivity contribution in [1.82, 2.24) is 9.88 Å². The van der Waals surface area contributed by atoms with Crippen molar-refractivity contribution in [3.05, 3.63) is 87.5 Å². The molecule has 0 aliphatic heterocycles. The summed E-state index contributed by atoms with van der Waals surface area (Å²) >= 11 is 0. The molecular formula is C22H18F4N2O3. The second kappa shape index (κ2) is 8.63. The second-order valence-electron chi connectivity index (χ2n) is 6.87. The third kappa shape index (κ3) is 4.93. The molecule has 0 spiro atoms. The minimum Gasteiger partial charge on any atom is -0.502 e. The van der Waals surface area contributed by atoms with Crippen LogP contribution in [0, 0.1) is 5.82 Å². The molecule has 3 rings (SSSR count). The molecule has 0 unspecified atom stereocenters. The van der Waals surface area contributed by atoms with Crippen LogP contribution in [0.5, 0.6) is 5.75 Å². The van der Waals surface area contributed by atoms with E-state index in [0.717, 1.165) is 22.3 Å². The molecule has 1 aromatic heterocycles. The number of rotatable bonds is 5. The van der Waals surface area contributed by atoms with Crippen molar-refractivity contribution >= 4 is 5.91 Å². The summed E-state index contributed by atoms with van der Waals surface area (Å²) in [5, 5.41) is 12.7. The molecule has 9 heteroatoms. The van der Waals surface area contributed by atoms with Gasteiger partial charge in [-0.2, -0.15) is 13.2 Å². The molecule has 0 saturated heterocycles. The monoisotopic (exact) mass is 434 g/mol. The fourth-order valence-corrected chi connectivity index (χ4v) is 3.10. The van der Waals surface area contributed by atoms with Gasteiger partial charge in [0.25, 0.3) is 11.5 Å². The largest absolute Gasteiger partial charge is 0.502 e. The van der Waals surface area contributed by atoms with Crippen LogP contribution >= 0.6 is 0 Å².